The fourth-order valence-corrected chi connectivity index (χ4v) is 5.93. The van der Waals surface area contributed by atoms with E-state index in [4.69, 9.17) is 0 Å². The molecule has 8 heteroatoms. The molecule has 1 aliphatic heterocycles. The Bertz CT molecular complexity index is 1080. The maximum Gasteiger partial charge on any atom is 0.152 e. The summed E-state index contributed by atoms with van der Waals surface area (Å²) >= 11 is 3.08. The predicted molar refractivity (Wildman–Crippen MR) is 102 cm³/mol. The number of piperidine rings is 1. The Morgan fingerprint density at radius 2 is 2.15 bits per heavy atom. The van der Waals surface area contributed by atoms with E-state index in [1.165, 1.54) is 17.4 Å². The van der Waals surface area contributed by atoms with E-state index < -0.39 is 6.17 Å². The van der Waals surface area contributed by atoms with Gasteiger partial charge in [-0.3, -0.25) is 4.68 Å². The minimum Gasteiger partial charge on any atom is -0.314 e. The van der Waals surface area contributed by atoms with Crippen LogP contribution < -0.4 is 5.32 Å². The zero-order chi connectivity index (χ0) is 17.8. The number of nitrogens with one attached hydrogen (secondary N) is 1. The van der Waals surface area contributed by atoms with Crippen molar-refractivity contribution >= 4 is 43.1 Å². The first kappa shape index (κ1) is 16.3. The topological polar surface area (TPSA) is 42.7 Å². The maximum absolute atomic E-state index is 14.3. The van der Waals surface area contributed by atoms with Crippen LogP contribution in [-0.4, -0.2) is 34.0 Å². The molecule has 1 aliphatic rings. The molecule has 1 aromatic carbocycles. The van der Waals surface area contributed by atoms with Crippen molar-refractivity contribution in [3.63, 3.8) is 0 Å². The molecule has 5 rings (SSSR count). The molecule has 0 amide bonds. The smallest absolute Gasteiger partial charge is 0.152 e. The van der Waals surface area contributed by atoms with Crippen molar-refractivity contribution < 1.29 is 8.78 Å². The summed E-state index contributed by atoms with van der Waals surface area (Å²) < 4.78 is 31.2. The van der Waals surface area contributed by atoms with Crippen LogP contribution in [0, 0.1) is 5.82 Å². The number of nitrogens with zero attached hydrogens (tertiary/aromatic N) is 3. The molecule has 0 radical (unpaired) electrons. The van der Waals surface area contributed by atoms with Gasteiger partial charge >= 0.3 is 0 Å². The Labute approximate surface area is 156 Å². The van der Waals surface area contributed by atoms with Crippen LogP contribution in [0.2, 0.25) is 0 Å². The lowest BCUT2D eigenvalue weighted by atomic mass is 9.95. The number of hydrogen-bond acceptors (Lipinski definition) is 5. The molecule has 134 valence electrons. The highest BCUT2D eigenvalue weighted by atomic mass is 32.1. The minimum atomic E-state index is -0.849. The van der Waals surface area contributed by atoms with Crippen LogP contribution in [0.25, 0.3) is 31.0 Å². The van der Waals surface area contributed by atoms with Crippen LogP contribution in [-0.2, 0) is 7.05 Å². The van der Waals surface area contributed by atoms with E-state index in [9.17, 15) is 8.78 Å². The number of thiazole rings is 1. The maximum atomic E-state index is 14.3. The molecule has 0 saturated carbocycles. The number of benzene rings is 1. The first-order valence-corrected chi connectivity index (χ1v) is 10.1. The highest BCUT2D eigenvalue weighted by Gasteiger charge is 2.28. The Morgan fingerprint density at radius 1 is 1.27 bits per heavy atom. The molecule has 0 bridgehead atoms. The van der Waals surface area contributed by atoms with Crippen LogP contribution in [0.5, 0.6) is 0 Å². The van der Waals surface area contributed by atoms with Gasteiger partial charge in [-0.25, -0.2) is 13.8 Å². The van der Waals surface area contributed by atoms with E-state index in [0.29, 0.717) is 12.1 Å². The lowest BCUT2D eigenvalue weighted by Gasteiger charge is -2.25. The summed E-state index contributed by atoms with van der Waals surface area (Å²) in [6, 6.07) is 5.46. The van der Waals surface area contributed by atoms with Crippen molar-refractivity contribution in [3.05, 3.63) is 35.1 Å². The highest BCUT2D eigenvalue weighted by Crippen LogP contribution is 2.41. The molecule has 0 unspecified atom stereocenters. The third kappa shape index (κ3) is 2.64. The average Bonchev–Trinajstić information content (AvgIpc) is 3.27. The Balaban J connectivity index is 1.53. The van der Waals surface area contributed by atoms with Gasteiger partial charge in [0.05, 0.1) is 4.70 Å². The number of alkyl halides is 1. The summed E-state index contributed by atoms with van der Waals surface area (Å²) in [4.78, 5) is 6.65. The number of rotatable bonds is 2. The quantitative estimate of drug-likeness (QED) is 0.549. The van der Waals surface area contributed by atoms with Gasteiger partial charge in [0.1, 0.15) is 21.5 Å². The fraction of sp³-hybridized carbons (Fsp3) is 0.333. The second-order valence-electron chi connectivity index (χ2n) is 6.65. The van der Waals surface area contributed by atoms with Gasteiger partial charge in [-0.05, 0) is 31.2 Å². The molecule has 4 aromatic rings. The molecule has 3 aromatic heterocycles. The van der Waals surface area contributed by atoms with Gasteiger partial charge in [0.15, 0.2) is 5.82 Å². The Kier molecular flexibility index (Phi) is 3.80. The number of thiophene rings is 1. The number of aromatic nitrogens is 3. The Morgan fingerprint density at radius 3 is 2.96 bits per heavy atom. The van der Waals surface area contributed by atoms with E-state index in [1.807, 2.05) is 6.07 Å². The molecule has 0 spiro atoms. The number of fused-ring (bicyclic) bond motifs is 2. The third-order valence-electron chi connectivity index (χ3n) is 4.81. The molecular formula is C18H16F2N4S2. The summed E-state index contributed by atoms with van der Waals surface area (Å²) in [5.74, 6) is -0.386. The van der Waals surface area contributed by atoms with Crippen LogP contribution in [0.1, 0.15) is 17.2 Å². The molecule has 1 fully saturated rings. The molecule has 1 N–H and O–H groups in total. The van der Waals surface area contributed by atoms with Gasteiger partial charge in [-0.1, -0.05) is 0 Å². The second-order valence-corrected chi connectivity index (χ2v) is 8.74. The van der Waals surface area contributed by atoms with Crippen molar-refractivity contribution in [1.82, 2.24) is 20.1 Å². The molecule has 26 heavy (non-hydrogen) atoms. The first-order chi connectivity index (χ1) is 12.6. The highest BCUT2D eigenvalue weighted by molar-refractivity contribution is 7.28. The number of aryl methyl sites for hydroxylation is 1. The second kappa shape index (κ2) is 6.07. The molecule has 4 heterocycles. The van der Waals surface area contributed by atoms with Crippen LogP contribution >= 0.6 is 22.7 Å². The first-order valence-electron chi connectivity index (χ1n) is 8.47. The predicted octanol–water partition coefficient (Wildman–Crippen LogP) is 4.47. The lowest BCUT2D eigenvalue weighted by molar-refractivity contribution is 0.233. The SMILES string of the molecule is Cn1cc2cc(-c3nc4sc([C@H]5CCNC[C@@H]5F)cc4s3)cc(F)c2n1. The van der Waals surface area contributed by atoms with E-state index in [1.54, 1.807) is 29.3 Å². The van der Waals surface area contributed by atoms with Crippen LogP contribution in [0.4, 0.5) is 8.78 Å². The van der Waals surface area contributed by atoms with E-state index in [0.717, 1.165) is 43.3 Å². The van der Waals surface area contributed by atoms with Gasteiger partial charge in [0, 0.05) is 41.5 Å². The summed E-state index contributed by atoms with van der Waals surface area (Å²) in [6.45, 7) is 1.26. The fourth-order valence-electron chi connectivity index (χ4n) is 3.54. The molecule has 0 aliphatic carbocycles. The van der Waals surface area contributed by atoms with Gasteiger partial charge < -0.3 is 5.32 Å². The van der Waals surface area contributed by atoms with Crippen molar-refractivity contribution in [2.24, 2.45) is 7.05 Å². The number of halogens is 2. The third-order valence-corrected chi connectivity index (χ3v) is 7.15. The van der Waals surface area contributed by atoms with Gasteiger partial charge in [0.2, 0.25) is 0 Å². The summed E-state index contributed by atoms with van der Waals surface area (Å²) in [5, 5.41) is 8.77. The van der Waals surface area contributed by atoms with Crippen molar-refractivity contribution in [3.8, 4) is 10.6 Å². The van der Waals surface area contributed by atoms with Crippen molar-refractivity contribution in [1.29, 1.82) is 0 Å². The van der Waals surface area contributed by atoms with Gasteiger partial charge in [0.25, 0.3) is 0 Å². The average molecular weight is 390 g/mol. The van der Waals surface area contributed by atoms with Crippen LogP contribution in [0.3, 0.4) is 0 Å². The molecular weight excluding hydrogens is 374 g/mol. The van der Waals surface area contributed by atoms with E-state index in [-0.39, 0.29) is 11.7 Å². The van der Waals surface area contributed by atoms with E-state index in [2.05, 4.69) is 21.5 Å². The standard InChI is InChI=1S/C18H16F2N4S2/c1-24-8-10-4-9(5-12(19)16(10)23-24)17-22-18-15(26-17)6-14(25-18)11-2-3-21-7-13(11)20/h4-6,8,11,13,21H,2-3,7H2,1H3/t11-,13-/m0/s1. The number of hydrogen-bond donors (Lipinski definition) is 1. The Hall–Kier alpha value is -1.90. The van der Waals surface area contributed by atoms with E-state index >= 15 is 0 Å². The molecule has 2 atom stereocenters. The zero-order valence-corrected chi connectivity index (χ0v) is 15.6. The van der Waals surface area contributed by atoms with Crippen molar-refractivity contribution in [2.75, 3.05) is 13.1 Å². The lowest BCUT2D eigenvalue weighted by Crippen LogP contribution is -2.36. The summed E-state index contributed by atoms with van der Waals surface area (Å²) in [7, 11) is 1.78. The van der Waals surface area contributed by atoms with Gasteiger partial charge in [-0.15, -0.1) is 22.7 Å². The summed E-state index contributed by atoms with van der Waals surface area (Å²) in [5.41, 5.74) is 1.12. The summed E-state index contributed by atoms with van der Waals surface area (Å²) in [6.07, 6.45) is 1.76. The van der Waals surface area contributed by atoms with Crippen molar-refractivity contribution in [2.45, 2.75) is 18.5 Å². The monoisotopic (exact) mass is 390 g/mol. The largest absolute Gasteiger partial charge is 0.314 e. The normalized spacial score (nSPS) is 21.0. The molecule has 1 saturated heterocycles. The van der Waals surface area contributed by atoms with Gasteiger partial charge in [-0.2, -0.15) is 5.10 Å². The zero-order valence-electron chi connectivity index (χ0n) is 14.0. The minimum absolute atomic E-state index is 0.0460. The molecule has 4 nitrogen and oxygen atoms in total. The van der Waals surface area contributed by atoms with Crippen LogP contribution in [0.15, 0.2) is 24.4 Å².